The summed E-state index contributed by atoms with van der Waals surface area (Å²) in [4.78, 5) is 29.6. The van der Waals surface area contributed by atoms with E-state index >= 15 is 0 Å². The van der Waals surface area contributed by atoms with Gasteiger partial charge in [0.15, 0.2) is 11.3 Å². The largest absolute Gasteiger partial charge is 0.349 e. The lowest BCUT2D eigenvalue weighted by atomic mass is 10.1. The molecule has 1 amide bonds. The van der Waals surface area contributed by atoms with E-state index in [1.54, 1.807) is 23.5 Å². The second-order valence-electron chi connectivity index (χ2n) is 8.08. The van der Waals surface area contributed by atoms with Crippen molar-refractivity contribution in [3.63, 3.8) is 0 Å². The van der Waals surface area contributed by atoms with Crippen molar-refractivity contribution in [3.05, 3.63) is 67.5 Å². The monoisotopic (exact) mass is 771 g/mol. The Morgan fingerprint density at radius 2 is 1.51 bits per heavy atom. The van der Waals surface area contributed by atoms with Crippen LogP contribution in [0.5, 0.6) is 0 Å². The predicted octanol–water partition coefficient (Wildman–Crippen LogP) is 6.59. The molecule has 1 N–H and O–H groups in total. The molecule has 4 aromatic heterocycles. The molecule has 1 aliphatic carbocycles. The Kier molecular flexibility index (Phi) is 8.43. The average molecular weight is 773 g/mol. The van der Waals surface area contributed by atoms with E-state index in [1.165, 1.54) is 0 Å². The molecule has 0 radical (unpaired) electrons. The minimum atomic E-state index is -0.00111. The number of nitrogens with zero attached hydrogens (tertiary/aromatic N) is 6. The van der Waals surface area contributed by atoms with Crippen LogP contribution in [0.1, 0.15) is 23.2 Å². The van der Waals surface area contributed by atoms with Crippen molar-refractivity contribution >= 4 is 95.2 Å². The summed E-state index contributed by atoms with van der Waals surface area (Å²) in [7, 11) is 0. The zero-order chi connectivity index (χ0) is 26.1. The first kappa shape index (κ1) is 26.9. The van der Waals surface area contributed by atoms with E-state index in [9.17, 15) is 4.79 Å². The summed E-state index contributed by atoms with van der Waals surface area (Å²) in [6, 6.07) is 8.00. The maximum Gasteiger partial charge on any atom is 0.251 e. The number of aromatic nitrogens is 6. The summed E-state index contributed by atoms with van der Waals surface area (Å²) in [5.41, 5.74) is 4.41. The van der Waals surface area contributed by atoms with Crippen LogP contribution in [0.3, 0.4) is 0 Å². The fourth-order valence-corrected chi connectivity index (χ4v) is 6.16. The Balaban J connectivity index is 0.000000182. The van der Waals surface area contributed by atoms with Gasteiger partial charge in [-0.2, -0.15) is 0 Å². The zero-order valence-corrected chi connectivity index (χ0v) is 26.6. The third kappa shape index (κ3) is 6.00. The topological polar surface area (TPSA) is 89.5 Å². The molecule has 37 heavy (non-hydrogen) atoms. The molecular formula is C24H20Br2IN7OS2. The molecule has 1 aromatic carbocycles. The first-order valence-corrected chi connectivity index (χ1v) is 16.2. The van der Waals surface area contributed by atoms with Crippen LogP contribution < -0.4 is 5.32 Å². The van der Waals surface area contributed by atoms with Crippen molar-refractivity contribution in [3.8, 4) is 11.3 Å². The Morgan fingerprint density at radius 3 is 2.11 bits per heavy atom. The SMILES string of the molecule is CSc1nc(Br)cn2c(-c3ccc(C(=O)NC4CC4)cc3)cnc12.CSc1nc(Br)cn2c(I)cnc12. The summed E-state index contributed by atoms with van der Waals surface area (Å²) in [5, 5.41) is 4.82. The fourth-order valence-electron chi connectivity index (χ4n) is 3.61. The number of amides is 1. The van der Waals surface area contributed by atoms with Gasteiger partial charge in [-0.15, -0.1) is 23.5 Å². The van der Waals surface area contributed by atoms with Crippen molar-refractivity contribution in [2.24, 2.45) is 0 Å². The molecule has 5 aromatic rings. The molecule has 0 spiro atoms. The number of carbonyl (C=O) groups excluding carboxylic acids is 1. The maximum absolute atomic E-state index is 12.1. The molecule has 4 heterocycles. The lowest BCUT2D eigenvalue weighted by molar-refractivity contribution is 0.0951. The molecule has 0 atom stereocenters. The molecule has 0 saturated heterocycles. The van der Waals surface area contributed by atoms with Crippen LogP contribution in [0.25, 0.3) is 22.6 Å². The highest BCUT2D eigenvalue weighted by Crippen LogP contribution is 2.28. The number of imidazole rings is 2. The van der Waals surface area contributed by atoms with Crippen molar-refractivity contribution in [2.45, 2.75) is 28.9 Å². The van der Waals surface area contributed by atoms with Crippen molar-refractivity contribution in [1.29, 1.82) is 0 Å². The molecule has 1 fully saturated rings. The summed E-state index contributed by atoms with van der Waals surface area (Å²) in [6.07, 6.45) is 13.7. The van der Waals surface area contributed by atoms with Gasteiger partial charge in [0.2, 0.25) is 0 Å². The Labute approximate surface area is 252 Å². The minimum absolute atomic E-state index is 0.00111. The molecule has 0 unspecified atom stereocenters. The smallest absolute Gasteiger partial charge is 0.251 e. The van der Waals surface area contributed by atoms with E-state index in [2.05, 4.69) is 79.7 Å². The van der Waals surface area contributed by atoms with Crippen LogP contribution in [0.2, 0.25) is 0 Å². The lowest BCUT2D eigenvalue weighted by Crippen LogP contribution is -2.25. The van der Waals surface area contributed by atoms with Gasteiger partial charge in [-0.25, -0.2) is 19.9 Å². The second-order valence-corrected chi connectivity index (χ2v) is 12.4. The molecule has 0 bridgehead atoms. The Hall–Kier alpha value is -1.68. The number of nitrogens with one attached hydrogen (secondary N) is 1. The van der Waals surface area contributed by atoms with E-state index in [4.69, 9.17) is 0 Å². The lowest BCUT2D eigenvalue weighted by Gasteiger charge is -2.07. The number of hydrogen-bond donors (Lipinski definition) is 1. The molecule has 1 aliphatic rings. The standard InChI is InChI=1S/C17H15BrN4OS.C7H5BrIN3S/c1-24-17-15-19-8-13(22(15)9-14(18)21-17)10-2-4-11(5-3-10)16(23)20-12-6-7-12;1-13-7-6-10-2-5(9)12(6)3-4(8)11-7/h2-5,8-9,12H,6-7H2,1H3,(H,20,23);2-3H,1H3. The number of hydrogen-bond acceptors (Lipinski definition) is 7. The first-order valence-electron chi connectivity index (χ1n) is 11.1. The quantitative estimate of drug-likeness (QED) is 0.159. The van der Waals surface area contributed by atoms with Crippen LogP contribution >= 0.6 is 78.0 Å². The van der Waals surface area contributed by atoms with Gasteiger partial charge in [0.1, 0.15) is 23.0 Å². The minimum Gasteiger partial charge on any atom is -0.349 e. The van der Waals surface area contributed by atoms with Gasteiger partial charge >= 0.3 is 0 Å². The van der Waals surface area contributed by atoms with Gasteiger partial charge < -0.3 is 5.32 Å². The summed E-state index contributed by atoms with van der Waals surface area (Å²) >= 11 is 12.2. The van der Waals surface area contributed by atoms with Crippen molar-refractivity contribution in [1.82, 2.24) is 34.1 Å². The second kappa shape index (κ2) is 11.6. The van der Waals surface area contributed by atoms with Crippen LogP contribution in [0.4, 0.5) is 0 Å². The van der Waals surface area contributed by atoms with Crippen LogP contribution in [-0.2, 0) is 0 Å². The van der Waals surface area contributed by atoms with Crippen molar-refractivity contribution in [2.75, 3.05) is 12.5 Å². The predicted molar refractivity (Wildman–Crippen MR) is 164 cm³/mol. The zero-order valence-electron chi connectivity index (χ0n) is 19.7. The molecule has 0 aliphatic heterocycles. The highest BCUT2D eigenvalue weighted by Gasteiger charge is 2.23. The highest BCUT2D eigenvalue weighted by atomic mass is 127. The molecule has 8 nitrogen and oxygen atoms in total. The fraction of sp³-hybridized carbons (Fsp3) is 0.208. The van der Waals surface area contributed by atoms with E-state index in [0.717, 1.165) is 58.4 Å². The van der Waals surface area contributed by atoms with Gasteiger partial charge in [-0.1, -0.05) is 12.1 Å². The number of benzene rings is 1. The maximum atomic E-state index is 12.1. The number of carbonyl (C=O) groups is 1. The van der Waals surface area contributed by atoms with E-state index in [0.29, 0.717) is 11.6 Å². The van der Waals surface area contributed by atoms with E-state index < -0.39 is 0 Å². The van der Waals surface area contributed by atoms with Gasteiger partial charge in [0.25, 0.3) is 5.91 Å². The van der Waals surface area contributed by atoms with Crippen molar-refractivity contribution < 1.29 is 4.79 Å². The molecule has 13 heteroatoms. The average Bonchev–Trinajstić information content (AvgIpc) is 3.50. The normalized spacial score (nSPS) is 13.0. The van der Waals surface area contributed by atoms with E-state index in [-0.39, 0.29) is 5.91 Å². The molecular weight excluding hydrogens is 753 g/mol. The Bertz CT molecular complexity index is 1600. The number of rotatable bonds is 5. The van der Waals surface area contributed by atoms with Gasteiger partial charge in [-0.3, -0.25) is 13.6 Å². The third-order valence-electron chi connectivity index (χ3n) is 5.56. The third-order valence-corrected chi connectivity index (χ3v) is 8.44. The molecule has 1 saturated carbocycles. The first-order chi connectivity index (χ1) is 17.9. The molecule has 190 valence electrons. The number of thioether (sulfide) groups is 2. The summed E-state index contributed by atoms with van der Waals surface area (Å²) in [5.74, 6) is -0.00111. The number of fused-ring (bicyclic) bond motifs is 2. The Morgan fingerprint density at radius 1 is 0.946 bits per heavy atom. The van der Waals surface area contributed by atoms with Crippen LogP contribution in [-0.4, -0.2) is 53.2 Å². The number of halogens is 3. The van der Waals surface area contributed by atoms with Gasteiger partial charge in [-0.05, 0) is 91.9 Å². The highest BCUT2D eigenvalue weighted by molar-refractivity contribution is 14.1. The summed E-state index contributed by atoms with van der Waals surface area (Å²) < 4.78 is 6.72. The van der Waals surface area contributed by atoms with Gasteiger partial charge in [0.05, 0.1) is 18.1 Å². The summed E-state index contributed by atoms with van der Waals surface area (Å²) in [6.45, 7) is 0. The van der Waals surface area contributed by atoms with E-state index in [1.807, 2.05) is 70.4 Å². The van der Waals surface area contributed by atoms with Gasteiger partial charge in [0, 0.05) is 29.6 Å². The van der Waals surface area contributed by atoms with Crippen LogP contribution in [0.15, 0.2) is 68.3 Å². The molecule has 6 rings (SSSR count). The van der Waals surface area contributed by atoms with Crippen LogP contribution in [0, 0.1) is 3.70 Å².